The summed E-state index contributed by atoms with van der Waals surface area (Å²) in [6.07, 6.45) is 3.27. The molecule has 1 amide bonds. The normalized spacial score (nSPS) is 20.1. The van der Waals surface area contributed by atoms with Crippen LogP contribution in [0.5, 0.6) is 0 Å². The summed E-state index contributed by atoms with van der Waals surface area (Å²) in [5.41, 5.74) is 0.629. The van der Waals surface area contributed by atoms with Crippen LogP contribution in [0.4, 0.5) is 11.6 Å². The third-order valence-electron chi connectivity index (χ3n) is 2.61. The van der Waals surface area contributed by atoms with Crippen molar-refractivity contribution >= 4 is 17.5 Å². The zero-order chi connectivity index (χ0) is 12.3. The van der Waals surface area contributed by atoms with E-state index in [1.54, 1.807) is 12.4 Å². The van der Waals surface area contributed by atoms with E-state index in [-0.39, 0.29) is 5.91 Å². The number of aromatic nitrogens is 2. The van der Waals surface area contributed by atoms with Crippen molar-refractivity contribution < 1.29 is 4.79 Å². The third-order valence-corrected chi connectivity index (χ3v) is 2.61. The van der Waals surface area contributed by atoms with E-state index in [4.69, 9.17) is 0 Å². The predicted molar refractivity (Wildman–Crippen MR) is 66.0 cm³/mol. The molecule has 2 N–H and O–H groups in total. The first-order chi connectivity index (χ1) is 8.15. The smallest absolute Gasteiger partial charge is 0.225 e. The maximum absolute atomic E-state index is 10.9. The Kier molecular flexibility index (Phi) is 3.53. The van der Waals surface area contributed by atoms with Crippen molar-refractivity contribution in [3.63, 3.8) is 0 Å². The number of hydrogen-bond acceptors (Lipinski definition) is 5. The fourth-order valence-corrected chi connectivity index (χ4v) is 1.87. The molecule has 92 valence electrons. The van der Waals surface area contributed by atoms with Crippen LogP contribution >= 0.6 is 0 Å². The topological polar surface area (TPSA) is 70.2 Å². The number of nitrogens with zero attached hydrogens (tertiary/aromatic N) is 3. The zero-order valence-electron chi connectivity index (χ0n) is 10.1. The van der Waals surface area contributed by atoms with E-state index in [2.05, 4.69) is 32.4 Å². The van der Waals surface area contributed by atoms with E-state index in [1.165, 1.54) is 6.92 Å². The van der Waals surface area contributed by atoms with E-state index in [0.717, 1.165) is 19.6 Å². The molecular weight excluding hydrogens is 218 g/mol. The molecule has 0 spiro atoms. The number of anilines is 2. The second-order valence-corrected chi connectivity index (χ2v) is 4.25. The van der Waals surface area contributed by atoms with Crippen molar-refractivity contribution in [2.45, 2.75) is 19.9 Å². The first-order valence-electron chi connectivity index (χ1n) is 5.73. The molecule has 0 saturated carbocycles. The van der Waals surface area contributed by atoms with Crippen LogP contribution in [0.15, 0.2) is 12.4 Å². The Morgan fingerprint density at radius 1 is 1.53 bits per heavy atom. The van der Waals surface area contributed by atoms with E-state index >= 15 is 0 Å². The van der Waals surface area contributed by atoms with Gasteiger partial charge in [0.15, 0.2) is 0 Å². The predicted octanol–water partition coefficient (Wildman–Crippen LogP) is 0.233. The maximum atomic E-state index is 10.9. The van der Waals surface area contributed by atoms with Gasteiger partial charge in [-0.05, 0) is 6.92 Å². The summed E-state index contributed by atoms with van der Waals surface area (Å²) in [6.45, 7) is 6.35. The van der Waals surface area contributed by atoms with Gasteiger partial charge < -0.3 is 15.5 Å². The maximum Gasteiger partial charge on any atom is 0.225 e. The largest absolute Gasteiger partial charge is 0.338 e. The molecule has 1 aliphatic heterocycles. The molecule has 1 saturated heterocycles. The third kappa shape index (κ3) is 3.13. The van der Waals surface area contributed by atoms with Crippen LogP contribution in [-0.4, -0.2) is 41.6 Å². The van der Waals surface area contributed by atoms with Crippen molar-refractivity contribution in [1.29, 1.82) is 0 Å². The molecule has 1 aromatic heterocycles. The zero-order valence-corrected chi connectivity index (χ0v) is 10.1. The van der Waals surface area contributed by atoms with Crippen molar-refractivity contribution in [3.05, 3.63) is 12.4 Å². The molecule has 1 aromatic rings. The molecule has 6 nitrogen and oxygen atoms in total. The Bertz CT molecular complexity index is 391. The molecule has 17 heavy (non-hydrogen) atoms. The molecule has 1 unspecified atom stereocenters. The van der Waals surface area contributed by atoms with Gasteiger partial charge in [-0.15, -0.1) is 0 Å². The van der Waals surface area contributed by atoms with Gasteiger partial charge >= 0.3 is 0 Å². The van der Waals surface area contributed by atoms with Crippen LogP contribution < -0.4 is 15.5 Å². The second kappa shape index (κ2) is 5.09. The summed E-state index contributed by atoms with van der Waals surface area (Å²) >= 11 is 0. The quantitative estimate of drug-likeness (QED) is 0.768. The lowest BCUT2D eigenvalue weighted by atomic mass is 10.2. The number of rotatable bonds is 2. The summed E-state index contributed by atoms with van der Waals surface area (Å²) in [5, 5.41) is 6.01. The Morgan fingerprint density at radius 2 is 2.24 bits per heavy atom. The first-order valence-corrected chi connectivity index (χ1v) is 5.73. The van der Waals surface area contributed by atoms with Gasteiger partial charge in [0.1, 0.15) is 0 Å². The minimum atomic E-state index is -0.114. The average Bonchev–Trinajstić information content (AvgIpc) is 2.29. The highest BCUT2D eigenvalue weighted by atomic mass is 16.1. The fraction of sp³-hybridized carbons (Fsp3) is 0.545. The standard InChI is InChI=1S/C11H17N5O/c1-8-7-16(4-3-12-8)11-13-5-10(6-14-11)15-9(2)17/h5-6,8,12H,3-4,7H2,1-2H3,(H,15,17). The summed E-state index contributed by atoms with van der Waals surface area (Å²) in [6, 6.07) is 0.447. The summed E-state index contributed by atoms with van der Waals surface area (Å²) in [7, 11) is 0. The fourth-order valence-electron chi connectivity index (χ4n) is 1.87. The molecule has 6 heteroatoms. The van der Waals surface area contributed by atoms with Gasteiger partial charge in [-0.3, -0.25) is 4.79 Å². The lowest BCUT2D eigenvalue weighted by Gasteiger charge is -2.31. The highest BCUT2D eigenvalue weighted by molar-refractivity contribution is 5.88. The van der Waals surface area contributed by atoms with Crippen LogP contribution in [0, 0.1) is 0 Å². The monoisotopic (exact) mass is 235 g/mol. The highest BCUT2D eigenvalue weighted by Gasteiger charge is 2.17. The minimum absolute atomic E-state index is 0.114. The molecular formula is C11H17N5O. The number of carbonyl (C=O) groups is 1. The number of piperazine rings is 1. The van der Waals surface area contributed by atoms with Crippen LogP contribution in [0.1, 0.15) is 13.8 Å². The molecule has 1 atom stereocenters. The van der Waals surface area contributed by atoms with Crippen LogP contribution in [0.3, 0.4) is 0 Å². The Labute approximate surface area is 100 Å². The lowest BCUT2D eigenvalue weighted by molar-refractivity contribution is -0.114. The van der Waals surface area contributed by atoms with Gasteiger partial charge in [0.05, 0.1) is 18.1 Å². The van der Waals surface area contributed by atoms with Crippen molar-refractivity contribution in [3.8, 4) is 0 Å². The van der Waals surface area contributed by atoms with Gasteiger partial charge in [-0.25, -0.2) is 9.97 Å². The van der Waals surface area contributed by atoms with Crippen molar-refractivity contribution in [1.82, 2.24) is 15.3 Å². The number of carbonyl (C=O) groups excluding carboxylic acids is 1. The van der Waals surface area contributed by atoms with Gasteiger partial charge in [-0.2, -0.15) is 0 Å². The highest BCUT2D eigenvalue weighted by Crippen LogP contribution is 2.11. The summed E-state index contributed by atoms with van der Waals surface area (Å²) < 4.78 is 0. The summed E-state index contributed by atoms with van der Waals surface area (Å²) in [4.78, 5) is 21.5. The van der Waals surface area contributed by atoms with Crippen LogP contribution in [0.2, 0.25) is 0 Å². The SMILES string of the molecule is CC(=O)Nc1cnc(N2CCNC(C)C2)nc1. The van der Waals surface area contributed by atoms with E-state index < -0.39 is 0 Å². The van der Waals surface area contributed by atoms with Crippen LogP contribution in [0.25, 0.3) is 0 Å². The number of hydrogen-bond donors (Lipinski definition) is 2. The molecule has 2 heterocycles. The Hall–Kier alpha value is -1.69. The second-order valence-electron chi connectivity index (χ2n) is 4.25. The average molecular weight is 235 g/mol. The van der Waals surface area contributed by atoms with Gasteiger partial charge in [-0.1, -0.05) is 0 Å². The molecule has 0 aliphatic carbocycles. The molecule has 2 rings (SSSR count). The van der Waals surface area contributed by atoms with E-state index in [0.29, 0.717) is 17.7 Å². The minimum Gasteiger partial charge on any atom is -0.338 e. The van der Waals surface area contributed by atoms with E-state index in [9.17, 15) is 4.79 Å². The Balaban J connectivity index is 2.04. The van der Waals surface area contributed by atoms with Gasteiger partial charge in [0.2, 0.25) is 11.9 Å². The Morgan fingerprint density at radius 3 is 2.82 bits per heavy atom. The first kappa shape index (κ1) is 11.8. The molecule has 0 aromatic carbocycles. The molecule has 0 bridgehead atoms. The van der Waals surface area contributed by atoms with E-state index in [1.807, 2.05) is 0 Å². The lowest BCUT2D eigenvalue weighted by Crippen LogP contribution is -2.49. The molecule has 1 aliphatic rings. The molecule has 1 fully saturated rings. The van der Waals surface area contributed by atoms with Gasteiger partial charge in [0.25, 0.3) is 0 Å². The van der Waals surface area contributed by atoms with Crippen LogP contribution in [-0.2, 0) is 4.79 Å². The van der Waals surface area contributed by atoms with Crippen molar-refractivity contribution in [2.75, 3.05) is 29.9 Å². The van der Waals surface area contributed by atoms with Gasteiger partial charge in [0, 0.05) is 32.6 Å². The molecule has 0 radical (unpaired) electrons. The van der Waals surface area contributed by atoms with Crippen molar-refractivity contribution in [2.24, 2.45) is 0 Å². The summed E-state index contributed by atoms with van der Waals surface area (Å²) in [5.74, 6) is 0.601. The number of nitrogens with one attached hydrogen (secondary N) is 2. The number of amides is 1.